The zero-order valence-electron chi connectivity index (χ0n) is 9.03. The number of esters is 1. The van der Waals surface area contributed by atoms with Crippen LogP contribution >= 0.6 is 11.6 Å². The predicted molar refractivity (Wildman–Crippen MR) is 62.7 cm³/mol. The minimum absolute atomic E-state index is 0.203. The molecule has 0 unspecified atom stereocenters. The van der Waals surface area contributed by atoms with Crippen LogP contribution in [0.15, 0.2) is 36.4 Å². The van der Waals surface area contributed by atoms with Gasteiger partial charge in [-0.2, -0.15) is 0 Å². The number of ether oxygens (including phenoxy) is 2. The number of carbonyl (C=O) groups excluding carboxylic acids is 1. The summed E-state index contributed by atoms with van der Waals surface area (Å²) in [6.07, 6.45) is 0. The summed E-state index contributed by atoms with van der Waals surface area (Å²) in [4.78, 5) is 11.0. The highest BCUT2D eigenvalue weighted by Crippen LogP contribution is 2.15. The van der Waals surface area contributed by atoms with Crippen LogP contribution < -0.4 is 4.74 Å². The van der Waals surface area contributed by atoms with Crippen molar-refractivity contribution in [2.75, 3.05) is 13.2 Å². The number of carbonyl (C=O) groups is 1. The van der Waals surface area contributed by atoms with Crippen molar-refractivity contribution < 1.29 is 14.3 Å². The first kappa shape index (κ1) is 12.6. The van der Waals surface area contributed by atoms with Crippen molar-refractivity contribution in [1.82, 2.24) is 0 Å². The lowest BCUT2D eigenvalue weighted by Crippen LogP contribution is -2.12. The molecule has 0 N–H and O–H groups in total. The maximum absolute atomic E-state index is 11.0. The second-order valence-electron chi connectivity index (χ2n) is 3.22. The Bertz CT molecular complexity index is 370. The third-order valence-electron chi connectivity index (χ3n) is 1.75. The number of rotatable bonds is 5. The fourth-order valence-electron chi connectivity index (χ4n) is 0.948. The van der Waals surface area contributed by atoms with Crippen molar-refractivity contribution in [2.24, 2.45) is 0 Å². The summed E-state index contributed by atoms with van der Waals surface area (Å²) in [5.74, 6) is 0.287. The molecule has 0 heterocycles. The predicted octanol–water partition coefficient (Wildman–Crippen LogP) is 2.84. The minimum Gasteiger partial charge on any atom is -0.490 e. The molecule has 1 rings (SSSR count). The Balaban J connectivity index is 2.23. The molecule has 16 heavy (non-hydrogen) atoms. The Morgan fingerprint density at radius 2 is 1.94 bits per heavy atom. The van der Waals surface area contributed by atoms with E-state index in [1.54, 1.807) is 31.2 Å². The van der Waals surface area contributed by atoms with Crippen molar-refractivity contribution in [1.29, 1.82) is 0 Å². The van der Waals surface area contributed by atoms with Gasteiger partial charge in [-0.05, 0) is 31.2 Å². The Labute approximate surface area is 99.6 Å². The molecule has 0 aliphatic carbocycles. The number of hydrogen-bond donors (Lipinski definition) is 0. The SMILES string of the molecule is C=C(C)C(=O)OCCOc1ccc(Cl)cc1. The second-order valence-corrected chi connectivity index (χ2v) is 3.66. The van der Waals surface area contributed by atoms with Gasteiger partial charge in [0.25, 0.3) is 0 Å². The molecule has 4 heteroatoms. The molecular formula is C12H13ClO3. The highest BCUT2D eigenvalue weighted by atomic mass is 35.5. The molecule has 0 spiro atoms. The van der Waals surface area contributed by atoms with Gasteiger partial charge in [0, 0.05) is 10.6 Å². The van der Waals surface area contributed by atoms with Gasteiger partial charge in [-0.1, -0.05) is 18.2 Å². The van der Waals surface area contributed by atoms with E-state index in [0.29, 0.717) is 23.0 Å². The molecule has 0 bridgehead atoms. The lowest BCUT2D eigenvalue weighted by Gasteiger charge is -2.07. The monoisotopic (exact) mass is 240 g/mol. The van der Waals surface area contributed by atoms with Gasteiger partial charge >= 0.3 is 5.97 Å². The van der Waals surface area contributed by atoms with Gasteiger partial charge in [-0.15, -0.1) is 0 Å². The van der Waals surface area contributed by atoms with Gasteiger partial charge < -0.3 is 9.47 Å². The van der Waals surface area contributed by atoms with Gasteiger partial charge in [0.15, 0.2) is 0 Å². The molecule has 0 radical (unpaired) electrons. The van der Waals surface area contributed by atoms with Crippen molar-refractivity contribution in [3.8, 4) is 5.75 Å². The van der Waals surface area contributed by atoms with E-state index in [-0.39, 0.29) is 6.61 Å². The zero-order chi connectivity index (χ0) is 12.0. The Kier molecular flexibility index (Phi) is 4.86. The van der Waals surface area contributed by atoms with Crippen molar-refractivity contribution >= 4 is 17.6 Å². The molecule has 0 atom stereocenters. The van der Waals surface area contributed by atoms with Crippen LogP contribution in [0, 0.1) is 0 Å². The van der Waals surface area contributed by atoms with Crippen molar-refractivity contribution in [3.05, 3.63) is 41.4 Å². The van der Waals surface area contributed by atoms with Gasteiger partial charge in [-0.3, -0.25) is 0 Å². The largest absolute Gasteiger partial charge is 0.490 e. The average molecular weight is 241 g/mol. The molecule has 0 aliphatic rings. The third-order valence-corrected chi connectivity index (χ3v) is 2.00. The third kappa shape index (κ3) is 4.36. The summed E-state index contributed by atoms with van der Waals surface area (Å²) in [5, 5.41) is 0.654. The fourth-order valence-corrected chi connectivity index (χ4v) is 1.07. The standard InChI is InChI=1S/C12H13ClO3/c1-9(2)12(14)16-8-7-15-11-5-3-10(13)4-6-11/h3-6H,1,7-8H2,2H3. The van der Waals surface area contributed by atoms with Crippen LogP contribution in [0.1, 0.15) is 6.92 Å². The molecule has 0 fully saturated rings. The average Bonchev–Trinajstić information content (AvgIpc) is 2.26. The van der Waals surface area contributed by atoms with Crippen LogP contribution in [0.4, 0.5) is 0 Å². The highest BCUT2D eigenvalue weighted by molar-refractivity contribution is 6.30. The van der Waals surface area contributed by atoms with Crippen molar-refractivity contribution in [2.45, 2.75) is 6.92 Å². The van der Waals surface area contributed by atoms with Crippen LogP contribution in [-0.2, 0) is 9.53 Å². The molecule has 1 aromatic carbocycles. The Morgan fingerprint density at radius 1 is 1.31 bits per heavy atom. The first-order valence-corrected chi connectivity index (χ1v) is 5.18. The van der Waals surface area contributed by atoms with Crippen LogP contribution in [0.25, 0.3) is 0 Å². The van der Waals surface area contributed by atoms with Gasteiger partial charge in [0.05, 0.1) is 0 Å². The normalized spacial score (nSPS) is 9.62. The van der Waals surface area contributed by atoms with E-state index in [1.807, 2.05) is 0 Å². The molecule has 0 saturated carbocycles. The lowest BCUT2D eigenvalue weighted by atomic mass is 10.3. The number of hydrogen-bond acceptors (Lipinski definition) is 3. The molecule has 86 valence electrons. The van der Waals surface area contributed by atoms with Crippen molar-refractivity contribution in [3.63, 3.8) is 0 Å². The van der Waals surface area contributed by atoms with E-state index >= 15 is 0 Å². The van der Waals surface area contributed by atoms with E-state index in [2.05, 4.69) is 6.58 Å². The minimum atomic E-state index is -0.403. The van der Waals surface area contributed by atoms with Crippen LogP contribution in [0.3, 0.4) is 0 Å². The molecule has 1 aromatic rings. The summed E-state index contributed by atoms with van der Waals surface area (Å²) in [5.41, 5.74) is 0.381. The quantitative estimate of drug-likeness (QED) is 0.451. The van der Waals surface area contributed by atoms with E-state index in [0.717, 1.165) is 0 Å². The van der Waals surface area contributed by atoms with Gasteiger partial charge in [0.2, 0.25) is 0 Å². The Morgan fingerprint density at radius 3 is 2.50 bits per heavy atom. The first-order chi connectivity index (χ1) is 7.59. The van der Waals surface area contributed by atoms with Crippen LogP contribution in [0.5, 0.6) is 5.75 Å². The van der Waals surface area contributed by atoms with E-state index in [9.17, 15) is 4.79 Å². The topological polar surface area (TPSA) is 35.5 Å². The smallest absolute Gasteiger partial charge is 0.333 e. The Hall–Kier alpha value is -1.48. The van der Waals surface area contributed by atoms with Crippen LogP contribution in [-0.4, -0.2) is 19.2 Å². The molecule has 0 aromatic heterocycles. The summed E-state index contributed by atoms with van der Waals surface area (Å²) in [6, 6.07) is 6.97. The second kappa shape index (κ2) is 6.18. The summed E-state index contributed by atoms with van der Waals surface area (Å²) in [6.45, 7) is 5.58. The first-order valence-electron chi connectivity index (χ1n) is 4.80. The summed E-state index contributed by atoms with van der Waals surface area (Å²) in [7, 11) is 0. The van der Waals surface area contributed by atoms with Crippen LogP contribution in [0.2, 0.25) is 5.02 Å². The van der Waals surface area contributed by atoms with E-state index < -0.39 is 5.97 Å². The molecular weight excluding hydrogens is 228 g/mol. The summed E-state index contributed by atoms with van der Waals surface area (Å²) < 4.78 is 10.2. The lowest BCUT2D eigenvalue weighted by molar-refractivity contribution is -0.139. The maximum atomic E-state index is 11.0. The van der Waals surface area contributed by atoms with Gasteiger partial charge in [0.1, 0.15) is 19.0 Å². The fraction of sp³-hybridized carbons (Fsp3) is 0.250. The van der Waals surface area contributed by atoms with E-state index in [4.69, 9.17) is 21.1 Å². The molecule has 3 nitrogen and oxygen atoms in total. The maximum Gasteiger partial charge on any atom is 0.333 e. The van der Waals surface area contributed by atoms with Gasteiger partial charge in [-0.25, -0.2) is 4.79 Å². The molecule has 0 aliphatic heterocycles. The summed E-state index contributed by atoms with van der Waals surface area (Å²) >= 11 is 5.71. The molecule has 0 amide bonds. The van der Waals surface area contributed by atoms with E-state index in [1.165, 1.54) is 0 Å². The molecule has 0 saturated heterocycles. The highest BCUT2D eigenvalue weighted by Gasteiger charge is 2.02. The number of halogens is 1. The number of benzene rings is 1. The zero-order valence-corrected chi connectivity index (χ0v) is 9.79.